The zero-order valence-corrected chi connectivity index (χ0v) is 11.9. The Morgan fingerprint density at radius 2 is 2.05 bits per heavy atom. The first-order chi connectivity index (χ1) is 9.13. The first-order valence-corrected chi connectivity index (χ1v) is 6.91. The number of anilines is 1. The predicted octanol–water partition coefficient (Wildman–Crippen LogP) is 1.30. The van der Waals surface area contributed by atoms with Gasteiger partial charge in [-0.1, -0.05) is 17.7 Å². The summed E-state index contributed by atoms with van der Waals surface area (Å²) in [6, 6.07) is 8.60. The van der Waals surface area contributed by atoms with Crippen LogP contribution in [0, 0.1) is 6.92 Å². The Kier molecular flexibility index (Phi) is 4.43. The van der Waals surface area contributed by atoms with E-state index in [0.29, 0.717) is 12.6 Å². The number of nitrogens with one attached hydrogen (secondary N) is 2. The predicted molar refractivity (Wildman–Crippen MR) is 78.5 cm³/mol. The minimum Gasteiger partial charge on any atom is -0.356 e. The van der Waals surface area contributed by atoms with Gasteiger partial charge >= 0.3 is 0 Å². The second-order valence-electron chi connectivity index (χ2n) is 5.25. The fourth-order valence-corrected chi connectivity index (χ4v) is 2.63. The fourth-order valence-electron chi connectivity index (χ4n) is 2.63. The second kappa shape index (κ2) is 6.06. The van der Waals surface area contributed by atoms with E-state index in [1.165, 1.54) is 5.56 Å². The van der Waals surface area contributed by atoms with Crippen molar-refractivity contribution in [2.24, 2.45) is 0 Å². The van der Waals surface area contributed by atoms with E-state index >= 15 is 0 Å². The summed E-state index contributed by atoms with van der Waals surface area (Å²) in [4.78, 5) is 14.4. The van der Waals surface area contributed by atoms with Gasteiger partial charge in [0.1, 0.15) is 6.04 Å². The first-order valence-electron chi connectivity index (χ1n) is 6.91. The van der Waals surface area contributed by atoms with Crippen molar-refractivity contribution in [3.05, 3.63) is 29.8 Å². The number of carbonyl (C=O) groups excluding carboxylic acids is 1. The van der Waals surface area contributed by atoms with Crippen LogP contribution in [-0.4, -0.2) is 38.1 Å². The molecule has 0 spiro atoms. The molecule has 0 bridgehead atoms. The molecule has 1 amide bonds. The minimum absolute atomic E-state index is 0.110. The average molecular weight is 261 g/mol. The van der Waals surface area contributed by atoms with Crippen LogP contribution in [0.1, 0.15) is 18.9 Å². The van der Waals surface area contributed by atoms with E-state index in [-0.39, 0.29) is 11.9 Å². The normalized spacial score (nSPS) is 23.9. The third-order valence-corrected chi connectivity index (χ3v) is 3.70. The van der Waals surface area contributed by atoms with Crippen molar-refractivity contribution in [2.75, 3.05) is 25.0 Å². The highest BCUT2D eigenvalue weighted by Crippen LogP contribution is 2.23. The van der Waals surface area contributed by atoms with Gasteiger partial charge in [0.15, 0.2) is 0 Å². The van der Waals surface area contributed by atoms with Gasteiger partial charge in [-0.25, -0.2) is 0 Å². The summed E-state index contributed by atoms with van der Waals surface area (Å²) < 4.78 is 0. The number of aryl methyl sites for hydroxylation is 1. The maximum Gasteiger partial charge on any atom is 0.244 e. The Morgan fingerprint density at radius 1 is 1.37 bits per heavy atom. The van der Waals surface area contributed by atoms with E-state index in [1.807, 2.05) is 7.05 Å². The van der Waals surface area contributed by atoms with Crippen molar-refractivity contribution < 1.29 is 4.79 Å². The summed E-state index contributed by atoms with van der Waals surface area (Å²) in [5.74, 6) is 0.110. The van der Waals surface area contributed by atoms with Crippen LogP contribution >= 0.6 is 0 Å². The topological polar surface area (TPSA) is 44.4 Å². The van der Waals surface area contributed by atoms with E-state index in [9.17, 15) is 4.79 Å². The number of benzene rings is 1. The van der Waals surface area contributed by atoms with Crippen LogP contribution in [0.3, 0.4) is 0 Å². The Labute approximate surface area is 115 Å². The second-order valence-corrected chi connectivity index (χ2v) is 5.25. The molecular formula is C15H23N3O. The molecule has 0 radical (unpaired) electrons. The molecule has 2 unspecified atom stereocenters. The number of likely N-dealkylation sites (N-methyl/N-ethyl adjacent to an activating group) is 1. The summed E-state index contributed by atoms with van der Waals surface area (Å²) in [6.45, 7) is 5.67. The molecule has 4 heteroatoms. The summed E-state index contributed by atoms with van der Waals surface area (Å²) in [5.41, 5.74) is 2.36. The zero-order chi connectivity index (χ0) is 13.8. The molecule has 1 aromatic carbocycles. The van der Waals surface area contributed by atoms with Crippen LogP contribution in [0.25, 0.3) is 0 Å². The quantitative estimate of drug-likeness (QED) is 0.862. The molecule has 4 nitrogen and oxygen atoms in total. The van der Waals surface area contributed by atoms with Crippen molar-refractivity contribution in [3.63, 3.8) is 0 Å². The van der Waals surface area contributed by atoms with Gasteiger partial charge in [0.05, 0.1) is 0 Å². The molecule has 1 fully saturated rings. The van der Waals surface area contributed by atoms with Gasteiger partial charge in [-0.2, -0.15) is 0 Å². The third kappa shape index (κ3) is 3.07. The highest BCUT2D eigenvalue weighted by atomic mass is 16.2. The minimum atomic E-state index is -0.148. The van der Waals surface area contributed by atoms with Gasteiger partial charge in [0, 0.05) is 24.8 Å². The summed E-state index contributed by atoms with van der Waals surface area (Å²) in [7, 11) is 1.89. The van der Waals surface area contributed by atoms with E-state index in [4.69, 9.17) is 0 Å². The lowest BCUT2D eigenvalue weighted by Crippen LogP contribution is -2.52. The van der Waals surface area contributed by atoms with Crippen molar-refractivity contribution in [3.8, 4) is 0 Å². The van der Waals surface area contributed by atoms with Gasteiger partial charge in [0.2, 0.25) is 5.91 Å². The summed E-state index contributed by atoms with van der Waals surface area (Å²) in [5, 5.41) is 6.13. The number of hydrogen-bond acceptors (Lipinski definition) is 3. The molecule has 1 saturated heterocycles. The van der Waals surface area contributed by atoms with Gasteiger partial charge in [-0.3, -0.25) is 4.79 Å². The molecule has 2 N–H and O–H groups in total. The lowest BCUT2D eigenvalue weighted by Gasteiger charge is -2.35. The largest absolute Gasteiger partial charge is 0.356 e. The number of rotatable bonds is 3. The molecule has 1 aromatic rings. The highest BCUT2D eigenvalue weighted by Gasteiger charge is 2.31. The van der Waals surface area contributed by atoms with E-state index in [2.05, 4.69) is 53.6 Å². The monoisotopic (exact) mass is 261 g/mol. The van der Waals surface area contributed by atoms with Crippen molar-refractivity contribution in [1.82, 2.24) is 10.6 Å². The Morgan fingerprint density at radius 3 is 2.68 bits per heavy atom. The molecule has 2 atom stereocenters. The number of amides is 1. The van der Waals surface area contributed by atoms with Gasteiger partial charge in [-0.05, 0) is 39.4 Å². The Balaban J connectivity index is 2.34. The van der Waals surface area contributed by atoms with Crippen LogP contribution in [0.4, 0.5) is 5.69 Å². The molecule has 0 saturated carbocycles. The number of nitrogens with zero attached hydrogens (tertiary/aromatic N) is 1. The van der Waals surface area contributed by atoms with Gasteiger partial charge in [0.25, 0.3) is 0 Å². The Hall–Kier alpha value is -1.55. The molecule has 2 rings (SSSR count). The molecule has 19 heavy (non-hydrogen) atoms. The third-order valence-electron chi connectivity index (χ3n) is 3.70. The fraction of sp³-hybridized carbons (Fsp3) is 0.533. The maximum atomic E-state index is 12.2. The smallest absolute Gasteiger partial charge is 0.244 e. The van der Waals surface area contributed by atoms with Crippen molar-refractivity contribution >= 4 is 11.6 Å². The standard InChI is InChI=1S/C15H23N3O/c1-11-4-6-13(7-5-11)18-12(2)8-9-17-15(19)14(18)10-16-3/h4-7,12,14,16H,8-10H2,1-3H3,(H,17,19). The summed E-state index contributed by atoms with van der Waals surface area (Å²) >= 11 is 0. The molecule has 104 valence electrons. The zero-order valence-electron chi connectivity index (χ0n) is 11.9. The van der Waals surface area contributed by atoms with Crippen LogP contribution in [0.5, 0.6) is 0 Å². The average Bonchev–Trinajstić information content (AvgIpc) is 2.52. The maximum absolute atomic E-state index is 12.2. The first kappa shape index (κ1) is 13.9. The van der Waals surface area contributed by atoms with Crippen LogP contribution in [0.2, 0.25) is 0 Å². The molecule has 0 aromatic heterocycles. The molecule has 1 aliphatic heterocycles. The van der Waals surface area contributed by atoms with Crippen LogP contribution in [-0.2, 0) is 4.79 Å². The lowest BCUT2D eigenvalue weighted by atomic mass is 10.1. The SMILES string of the molecule is CNCC1C(=O)NCCC(C)N1c1ccc(C)cc1. The van der Waals surface area contributed by atoms with Crippen LogP contribution < -0.4 is 15.5 Å². The highest BCUT2D eigenvalue weighted by molar-refractivity contribution is 5.86. The lowest BCUT2D eigenvalue weighted by molar-refractivity contribution is -0.121. The van der Waals surface area contributed by atoms with Crippen molar-refractivity contribution in [1.29, 1.82) is 0 Å². The number of carbonyl (C=O) groups is 1. The molecular weight excluding hydrogens is 238 g/mol. The molecule has 1 aliphatic rings. The molecule has 1 heterocycles. The van der Waals surface area contributed by atoms with Gasteiger partial charge in [-0.15, -0.1) is 0 Å². The Bertz CT molecular complexity index is 430. The summed E-state index contributed by atoms with van der Waals surface area (Å²) in [6.07, 6.45) is 0.972. The molecule has 0 aliphatic carbocycles. The number of hydrogen-bond donors (Lipinski definition) is 2. The van der Waals surface area contributed by atoms with E-state index < -0.39 is 0 Å². The van der Waals surface area contributed by atoms with Crippen molar-refractivity contribution in [2.45, 2.75) is 32.4 Å². The van der Waals surface area contributed by atoms with E-state index in [0.717, 1.165) is 18.7 Å². The van der Waals surface area contributed by atoms with Gasteiger partial charge < -0.3 is 15.5 Å². The van der Waals surface area contributed by atoms with E-state index in [1.54, 1.807) is 0 Å². The van der Waals surface area contributed by atoms with Crippen LogP contribution in [0.15, 0.2) is 24.3 Å².